The monoisotopic (exact) mass is 688 g/mol. The van der Waals surface area contributed by atoms with Gasteiger partial charge in [-0.2, -0.15) is 0 Å². The molecule has 3 unspecified atom stereocenters. The number of nitrogens with zero attached hydrogens (tertiary/aromatic N) is 4. The third-order valence-corrected chi connectivity index (χ3v) is 12.9. The first-order chi connectivity index (χ1) is 21.3. The van der Waals surface area contributed by atoms with E-state index in [1.54, 1.807) is 38.6 Å². The third kappa shape index (κ3) is 6.15. The molecule has 1 N–H and O–H groups in total. The van der Waals surface area contributed by atoms with E-state index in [0.717, 1.165) is 18.7 Å². The fraction of sp³-hybridized carbons (Fsp3) is 0.606. The summed E-state index contributed by atoms with van der Waals surface area (Å²) in [7, 11) is 0. The van der Waals surface area contributed by atoms with Crippen LogP contribution in [0.5, 0.6) is 0 Å². The Kier molecular flexibility index (Phi) is 10.9. The summed E-state index contributed by atoms with van der Waals surface area (Å²) >= 11 is 5.51. The Hall–Kier alpha value is -2.18. The van der Waals surface area contributed by atoms with Gasteiger partial charge in [0.2, 0.25) is 17.7 Å². The zero-order valence-electron chi connectivity index (χ0n) is 25.6. The molecule has 1 aromatic rings. The summed E-state index contributed by atoms with van der Waals surface area (Å²) in [6, 6.07) is 8.53. The second kappa shape index (κ2) is 14.5. The molecule has 4 heterocycles. The molecule has 9 nitrogen and oxygen atoms in total. The Bertz CT molecular complexity index is 1210. The zero-order valence-corrected chi connectivity index (χ0v) is 28.0. The lowest BCUT2D eigenvalue weighted by Gasteiger charge is -2.40. The van der Waals surface area contributed by atoms with Crippen LogP contribution in [0.4, 0.5) is 0 Å². The summed E-state index contributed by atoms with van der Waals surface area (Å²) in [5, 5.41) is 10.3. The highest BCUT2D eigenvalue weighted by Crippen LogP contribution is 2.68. The maximum atomic E-state index is 14.7. The van der Waals surface area contributed by atoms with Crippen LogP contribution in [0.3, 0.4) is 0 Å². The quantitative estimate of drug-likeness (QED) is 0.237. The molecule has 1 spiro atoms. The van der Waals surface area contributed by atoms with Gasteiger partial charge in [-0.1, -0.05) is 65.3 Å². The van der Waals surface area contributed by atoms with E-state index in [4.69, 9.17) is 4.74 Å². The van der Waals surface area contributed by atoms with Crippen LogP contribution >= 0.6 is 27.7 Å². The molecular weight excluding hydrogens is 644 g/mol. The summed E-state index contributed by atoms with van der Waals surface area (Å²) < 4.78 is 4.72. The molecule has 0 aliphatic carbocycles. The van der Waals surface area contributed by atoms with Gasteiger partial charge in [0.1, 0.15) is 6.04 Å². The number of hydrogen-bond acceptors (Lipinski definition) is 7. The van der Waals surface area contributed by atoms with Crippen LogP contribution in [0.1, 0.15) is 25.3 Å². The molecule has 4 aliphatic heterocycles. The van der Waals surface area contributed by atoms with E-state index in [-0.39, 0.29) is 34.4 Å². The molecule has 4 aliphatic rings. The average Bonchev–Trinajstić information content (AvgIpc) is 3.63. The molecule has 3 amide bonds. The van der Waals surface area contributed by atoms with E-state index in [9.17, 15) is 19.5 Å². The number of benzene rings is 1. The SMILES string of the molecule is C=CCN(CCN1CCOCC1)C(=O)C1N([C@@H](CC)CO)C(=O)[C@@H]2[C@H](C(=O)N(CC=C)Cc3ccccc3)[C@H]3SC12CC3Br. The lowest BCUT2D eigenvalue weighted by molar-refractivity contribution is -0.147. The summed E-state index contributed by atoms with van der Waals surface area (Å²) in [4.78, 5) is 51.2. The highest BCUT2D eigenvalue weighted by Gasteiger charge is 2.76. The van der Waals surface area contributed by atoms with E-state index in [0.29, 0.717) is 58.8 Å². The molecule has 0 radical (unpaired) electrons. The minimum atomic E-state index is -0.781. The number of fused-ring (bicyclic) bond motifs is 1. The smallest absolute Gasteiger partial charge is 0.247 e. The first kappa shape index (κ1) is 33.2. The Labute approximate surface area is 273 Å². The van der Waals surface area contributed by atoms with Crippen molar-refractivity contribution >= 4 is 45.4 Å². The summed E-state index contributed by atoms with van der Waals surface area (Å²) in [5.74, 6) is -1.65. The summed E-state index contributed by atoms with van der Waals surface area (Å²) in [6.07, 6.45) is 4.55. The van der Waals surface area contributed by atoms with Gasteiger partial charge < -0.3 is 24.5 Å². The number of morpholine rings is 1. The van der Waals surface area contributed by atoms with E-state index in [1.807, 2.05) is 37.3 Å². The number of carbonyl (C=O) groups is 3. The predicted molar refractivity (Wildman–Crippen MR) is 176 cm³/mol. The van der Waals surface area contributed by atoms with Crippen molar-refractivity contribution in [3.63, 3.8) is 0 Å². The molecule has 0 saturated carbocycles. The number of halogens is 1. The Balaban J connectivity index is 1.49. The largest absolute Gasteiger partial charge is 0.394 e. The van der Waals surface area contributed by atoms with Crippen molar-refractivity contribution in [2.75, 3.05) is 59.1 Å². The van der Waals surface area contributed by atoms with E-state index in [1.165, 1.54) is 0 Å². The molecular formula is C33H45BrN4O5S. The number of amides is 3. The fourth-order valence-electron chi connectivity index (χ4n) is 7.55. The molecule has 11 heteroatoms. The number of ether oxygens (including phenoxy) is 1. The van der Waals surface area contributed by atoms with Crippen LogP contribution in [0.15, 0.2) is 55.6 Å². The number of rotatable bonds is 14. The minimum absolute atomic E-state index is 0.0292. The number of hydrogen-bond donors (Lipinski definition) is 1. The standard InChI is InChI=1S/C33H45BrN4O5S/c1-4-12-36(15-14-35-16-18-43-19-17-35)32(42)29-33-20-25(34)28(44-33)26(27(33)31(41)38(29)24(6-3)22-39)30(40)37(13-5-2)21-23-10-8-7-9-11-23/h4-5,7-11,24-29,39H,1-2,6,12-22H2,3H3/t24-,25?,26-,27-,28-,29?,33?/m0/s1. The lowest BCUT2D eigenvalue weighted by atomic mass is 9.70. The van der Waals surface area contributed by atoms with Crippen molar-refractivity contribution in [3.05, 3.63) is 61.2 Å². The minimum Gasteiger partial charge on any atom is -0.394 e. The van der Waals surface area contributed by atoms with E-state index < -0.39 is 28.7 Å². The maximum absolute atomic E-state index is 14.7. The van der Waals surface area contributed by atoms with Gasteiger partial charge in [-0.3, -0.25) is 19.3 Å². The first-order valence-corrected chi connectivity index (χ1v) is 17.5. The number of thioether (sulfide) groups is 1. The van der Waals surface area contributed by atoms with Gasteiger partial charge >= 0.3 is 0 Å². The first-order valence-electron chi connectivity index (χ1n) is 15.7. The molecule has 4 saturated heterocycles. The van der Waals surface area contributed by atoms with Gasteiger partial charge in [0.05, 0.1) is 42.4 Å². The van der Waals surface area contributed by atoms with Gasteiger partial charge in [0, 0.05) is 55.9 Å². The maximum Gasteiger partial charge on any atom is 0.247 e. The predicted octanol–water partition coefficient (Wildman–Crippen LogP) is 2.78. The number of aliphatic hydroxyl groups excluding tert-OH is 1. The molecule has 44 heavy (non-hydrogen) atoms. The van der Waals surface area contributed by atoms with Crippen LogP contribution in [0, 0.1) is 11.8 Å². The van der Waals surface area contributed by atoms with E-state index >= 15 is 0 Å². The molecule has 7 atom stereocenters. The molecule has 0 aromatic heterocycles. The van der Waals surface area contributed by atoms with Crippen LogP contribution < -0.4 is 0 Å². The van der Waals surface area contributed by atoms with Crippen molar-refractivity contribution < 1.29 is 24.2 Å². The van der Waals surface area contributed by atoms with Crippen molar-refractivity contribution in [2.24, 2.45) is 11.8 Å². The van der Waals surface area contributed by atoms with Gasteiger partial charge in [-0.05, 0) is 18.4 Å². The average molecular weight is 690 g/mol. The van der Waals surface area contributed by atoms with Crippen molar-refractivity contribution in [1.29, 1.82) is 0 Å². The van der Waals surface area contributed by atoms with Crippen molar-refractivity contribution in [1.82, 2.24) is 19.6 Å². The van der Waals surface area contributed by atoms with Crippen molar-refractivity contribution in [2.45, 2.75) is 53.2 Å². The molecule has 2 bridgehead atoms. The Morgan fingerprint density at radius 3 is 2.48 bits per heavy atom. The summed E-state index contributed by atoms with van der Waals surface area (Å²) in [5.41, 5.74) is 1.00. The second-order valence-electron chi connectivity index (χ2n) is 12.2. The van der Waals surface area contributed by atoms with E-state index in [2.05, 4.69) is 34.0 Å². The zero-order chi connectivity index (χ0) is 31.4. The van der Waals surface area contributed by atoms with Gasteiger partial charge in [0.25, 0.3) is 0 Å². The Morgan fingerprint density at radius 2 is 1.84 bits per heavy atom. The van der Waals surface area contributed by atoms with Crippen LogP contribution in [0.2, 0.25) is 0 Å². The number of likely N-dealkylation sites (tertiary alicyclic amines) is 1. The topological polar surface area (TPSA) is 93.6 Å². The highest BCUT2D eigenvalue weighted by atomic mass is 79.9. The molecule has 4 fully saturated rings. The fourth-order valence-corrected chi connectivity index (χ4v) is 11.1. The molecule has 5 rings (SSSR count). The van der Waals surface area contributed by atoms with Gasteiger partial charge in [-0.25, -0.2) is 0 Å². The molecule has 240 valence electrons. The van der Waals surface area contributed by atoms with Crippen molar-refractivity contribution in [3.8, 4) is 0 Å². The van der Waals surface area contributed by atoms with Crippen LogP contribution in [-0.4, -0.2) is 128 Å². The van der Waals surface area contributed by atoms with Crippen LogP contribution in [0.25, 0.3) is 0 Å². The van der Waals surface area contributed by atoms with Gasteiger partial charge in [-0.15, -0.1) is 24.9 Å². The third-order valence-electron chi connectivity index (χ3n) is 9.65. The summed E-state index contributed by atoms with van der Waals surface area (Å²) in [6.45, 7) is 14.8. The Morgan fingerprint density at radius 1 is 1.16 bits per heavy atom. The number of aliphatic hydroxyl groups is 1. The highest BCUT2D eigenvalue weighted by molar-refractivity contribution is 9.09. The lowest BCUT2D eigenvalue weighted by Crippen LogP contribution is -2.58. The number of carbonyl (C=O) groups excluding carboxylic acids is 3. The number of alkyl halides is 1. The molecule has 1 aromatic carbocycles. The normalized spacial score (nSPS) is 30.2. The second-order valence-corrected chi connectivity index (χ2v) is 14.9. The van der Waals surface area contributed by atoms with Gasteiger partial charge in [0.15, 0.2) is 0 Å². The van der Waals surface area contributed by atoms with Crippen LogP contribution in [-0.2, 0) is 25.7 Å².